The number of carbonyl (C=O) groups excluding carboxylic acids is 1. The maximum atomic E-state index is 11.4. The predicted octanol–water partition coefficient (Wildman–Crippen LogP) is 3.45. The Labute approximate surface area is 161 Å². The second kappa shape index (κ2) is 15.1. The van der Waals surface area contributed by atoms with E-state index in [1.165, 1.54) is 0 Å². The number of alkyl halides is 1. The summed E-state index contributed by atoms with van der Waals surface area (Å²) in [6.07, 6.45) is 9.03. The monoisotopic (exact) mass is 438 g/mol. The van der Waals surface area contributed by atoms with Crippen LogP contribution in [-0.2, 0) is 19.6 Å². The third-order valence-electron chi connectivity index (χ3n) is 2.58. The molecule has 0 spiro atoms. The summed E-state index contributed by atoms with van der Waals surface area (Å²) in [5.41, 5.74) is 0. The average Bonchev–Trinajstić information content (AvgIpc) is 2.54. The Morgan fingerprint density at radius 3 is 2.36 bits per heavy atom. The van der Waals surface area contributed by atoms with E-state index in [-0.39, 0.29) is 23.3 Å². The first-order valence-electron chi connectivity index (χ1n) is 8.29. The standard InChI is InChI=1S/C15H25BrN2O4S.C2H6/c1-5-6-7-9-12(2)14(18-23(4,20)21)17-10-8-11-22-15(19)13(3)16;1-2/h5-7,9,12-13H,8,10-11H2,1-4H3,(H,17,18);1-2H3/b6-5-,9-7-;. The van der Waals surface area contributed by atoms with Crippen LogP contribution in [0.4, 0.5) is 0 Å². The van der Waals surface area contributed by atoms with Gasteiger partial charge in [0.05, 0.1) is 12.9 Å². The molecule has 8 heteroatoms. The van der Waals surface area contributed by atoms with Crippen LogP contribution in [0, 0.1) is 5.92 Å². The molecule has 0 bridgehead atoms. The lowest BCUT2D eigenvalue weighted by molar-refractivity contribution is -0.142. The molecule has 0 saturated heterocycles. The zero-order valence-electron chi connectivity index (χ0n) is 16.0. The molecule has 0 aliphatic heterocycles. The minimum atomic E-state index is -3.39. The van der Waals surface area contributed by atoms with Gasteiger partial charge in [-0.25, -0.2) is 8.42 Å². The number of amidine groups is 1. The van der Waals surface area contributed by atoms with Crippen molar-refractivity contribution in [3.63, 3.8) is 0 Å². The molecule has 1 N–H and O–H groups in total. The van der Waals surface area contributed by atoms with Crippen molar-refractivity contribution in [1.29, 1.82) is 0 Å². The lowest BCUT2D eigenvalue weighted by atomic mass is 10.1. The smallest absolute Gasteiger partial charge is 0.319 e. The second-order valence-electron chi connectivity index (χ2n) is 4.98. The molecule has 0 aromatic rings. The topological polar surface area (TPSA) is 84.8 Å². The molecule has 6 nitrogen and oxygen atoms in total. The number of hydrogen-bond donors (Lipinski definition) is 1. The van der Waals surface area contributed by atoms with Crippen LogP contribution in [0.1, 0.15) is 41.0 Å². The summed E-state index contributed by atoms with van der Waals surface area (Å²) in [4.78, 5) is 15.2. The van der Waals surface area contributed by atoms with Crippen molar-refractivity contribution in [3.05, 3.63) is 24.3 Å². The summed E-state index contributed by atoms with van der Waals surface area (Å²) in [7, 11) is -3.39. The molecule has 0 aliphatic rings. The van der Waals surface area contributed by atoms with Gasteiger partial charge < -0.3 is 4.74 Å². The molecule has 0 aromatic heterocycles. The summed E-state index contributed by atoms with van der Waals surface area (Å²) >= 11 is 3.12. The average molecular weight is 439 g/mol. The molecule has 2 atom stereocenters. The fraction of sp³-hybridized carbons (Fsp3) is 0.647. The normalized spacial score (nSPS) is 14.8. The highest BCUT2D eigenvalue weighted by Crippen LogP contribution is 2.03. The van der Waals surface area contributed by atoms with Crippen molar-refractivity contribution < 1.29 is 17.9 Å². The summed E-state index contributed by atoms with van der Waals surface area (Å²) in [5, 5.41) is 0. The van der Waals surface area contributed by atoms with E-state index in [0.29, 0.717) is 18.8 Å². The van der Waals surface area contributed by atoms with Crippen molar-refractivity contribution in [3.8, 4) is 0 Å². The van der Waals surface area contributed by atoms with Crippen LogP contribution in [-0.4, -0.2) is 44.5 Å². The van der Waals surface area contributed by atoms with E-state index in [1.54, 1.807) is 6.92 Å². The molecular weight excluding hydrogens is 408 g/mol. The number of sulfonamides is 1. The van der Waals surface area contributed by atoms with Gasteiger partial charge in [-0.2, -0.15) is 0 Å². The Bertz CT molecular complexity index is 555. The Morgan fingerprint density at radius 2 is 1.88 bits per heavy atom. The van der Waals surface area contributed by atoms with Crippen LogP contribution in [0.2, 0.25) is 0 Å². The van der Waals surface area contributed by atoms with Gasteiger partial charge in [0, 0.05) is 18.9 Å². The maximum Gasteiger partial charge on any atom is 0.319 e. The number of hydrogen-bond acceptors (Lipinski definition) is 5. The molecule has 0 aliphatic carbocycles. The fourth-order valence-electron chi connectivity index (χ4n) is 1.44. The highest BCUT2D eigenvalue weighted by atomic mass is 79.9. The number of carbonyl (C=O) groups is 1. The zero-order valence-corrected chi connectivity index (χ0v) is 18.4. The largest absolute Gasteiger partial charge is 0.465 e. The number of rotatable bonds is 9. The fourth-order valence-corrected chi connectivity index (χ4v) is 2.21. The predicted molar refractivity (Wildman–Crippen MR) is 109 cm³/mol. The van der Waals surface area contributed by atoms with Gasteiger partial charge in [-0.05, 0) is 13.8 Å². The van der Waals surface area contributed by atoms with E-state index in [4.69, 9.17) is 4.74 Å². The molecule has 0 amide bonds. The third-order valence-corrected chi connectivity index (χ3v) is 3.53. The molecule has 0 rings (SSSR count). The first-order valence-corrected chi connectivity index (χ1v) is 11.1. The minimum Gasteiger partial charge on any atom is -0.465 e. The highest BCUT2D eigenvalue weighted by Gasteiger charge is 2.12. The molecule has 2 unspecified atom stereocenters. The van der Waals surface area contributed by atoms with Crippen LogP contribution < -0.4 is 4.72 Å². The van der Waals surface area contributed by atoms with Gasteiger partial charge in [0.2, 0.25) is 10.0 Å². The minimum absolute atomic E-state index is 0.175. The van der Waals surface area contributed by atoms with E-state index < -0.39 is 10.0 Å². The molecule has 146 valence electrons. The van der Waals surface area contributed by atoms with Crippen LogP contribution in [0.15, 0.2) is 29.3 Å². The summed E-state index contributed by atoms with van der Waals surface area (Å²) in [6.45, 7) is 10.0. The number of esters is 1. The summed E-state index contributed by atoms with van der Waals surface area (Å²) < 4.78 is 30.3. The van der Waals surface area contributed by atoms with Gasteiger partial charge in [0.15, 0.2) is 0 Å². The first kappa shape index (κ1) is 26.1. The number of nitrogens with zero attached hydrogens (tertiary/aromatic N) is 1. The number of nitrogens with one attached hydrogen (secondary N) is 1. The van der Waals surface area contributed by atoms with E-state index in [0.717, 1.165) is 6.26 Å². The van der Waals surface area contributed by atoms with Gasteiger partial charge in [-0.3, -0.25) is 14.5 Å². The zero-order chi connectivity index (χ0) is 19.9. The van der Waals surface area contributed by atoms with Gasteiger partial charge in [-0.1, -0.05) is 61.0 Å². The number of aliphatic imine (C=N–C) groups is 1. The molecule has 25 heavy (non-hydrogen) atoms. The number of allylic oxidation sites excluding steroid dienone is 3. The van der Waals surface area contributed by atoms with E-state index in [9.17, 15) is 13.2 Å². The summed E-state index contributed by atoms with van der Waals surface area (Å²) in [6, 6.07) is 0. The lowest BCUT2D eigenvalue weighted by Gasteiger charge is -2.12. The first-order chi connectivity index (χ1) is 11.7. The van der Waals surface area contributed by atoms with E-state index in [1.807, 2.05) is 52.0 Å². The lowest BCUT2D eigenvalue weighted by Crippen LogP contribution is -2.33. The van der Waals surface area contributed by atoms with Crippen LogP contribution in [0.25, 0.3) is 0 Å². The van der Waals surface area contributed by atoms with Gasteiger partial charge in [0.1, 0.15) is 10.7 Å². The van der Waals surface area contributed by atoms with Gasteiger partial charge >= 0.3 is 5.97 Å². The Morgan fingerprint density at radius 1 is 1.28 bits per heavy atom. The van der Waals surface area contributed by atoms with Crippen molar-refractivity contribution in [2.45, 2.75) is 45.9 Å². The van der Waals surface area contributed by atoms with Gasteiger partial charge in [-0.15, -0.1) is 0 Å². The highest BCUT2D eigenvalue weighted by molar-refractivity contribution is 9.10. The van der Waals surface area contributed by atoms with E-state index >= 15 is 0 Å². The molecular formula is C17H31BrN2O4S. The van der Waals surface area contributed by atoms with Crippen molar-refractivity contribution in [1.82, 2.24) is 4.72 Å². The van der Waals surface area contributed by atoms with Crippen LogP contribution >= 0.6 is 15.9 Å². The number of ether oxygens (including phenoxy) is 1. The Hall–Kier alpha value is -1.15. The summed E-state index contributed by atoms with van der Waals surface area (Å²) in [5.74, 6) is -0.134. The maximum absolute atomic E-state index is 11.4. The quantitative estimate of drug-likeness (QED) is 0.149. The second-order valence-corrected chi connectivity index (χ2v) is 8.10. The Balaban J connectivity index is 0. The molecule has 0 heterocycles. The van der Waals surface area contributed by atoms with Gasteiger partial charge in [0.25, 0.3) is 0 Å². The number of halogens is 1. The SMILES string of the molecule is C/C=C\C=C/C(C)C(=NCCCOC(=O)C(C)Br)NS(C)(=O)=O.CC. The van der Waals surface area contributed by atoms with Crippen molar-refractivity contribution >= 4 is 37.8 Å². The van der Waals surface area contributed by atoms with Crippen molar-refractivity contribution in [2.75, 3.05) is 19.4 Å². The third kappa shape index (κ3) is 16.1. The Kier molecular flexibility index (Phi) is 15.8. The molecule has 0 saturated carbocycles. The molecule has 0 fully saturated rings. The molecule has 0 radical (unpaired) electrons. The van der Waals surface area contributed by atoms with Crippen LogP contribution in [0.3, 0.4) is 0 Å². The van der Waals surface area contributed by atoms with Crippen molar-refractivity contribution in [2.24, 2.45) is 10.9 Å². The molecule has 0 aromatic carbocycles. The van der Waals surface area contributed by atoms with Crippen LogP contribution in [0.5, 0.6) is 0 Å². The van der Waals surface area contributed by atoms with E-state index in [2.05, 4.69) is 25.6 Å².